The van der Waals surface area contributed by atoms with E-state index in [4.69, 9.17) is 9.84 Å². The maximum atomic E-state index is 13.7. The first-order valence-electron chi connectivity index (χ1n) is 12.8. The SMILES string of the molecule is COc1ccccc1[C@@H]1SCC(=O)N(CC(=O)NCc2ccncc2)c2c1c(C(C)(C)C)nn2C(C)(C)C. The molecule has 0 bridgehead atoms. The lowest BCUT2D eigenvalue weighted by Gasteiger charge is -2.29. The number of nitrogens with one attached hydrogen (secondary N) is 1. The van der Waals surface area contributed by atoms with E-state index in [-0.39, 0.29) is 34.8 Å². The van der Waals surface area contributed by atoms with E-state index in [1.54, 1.807) is 36.2 Å². The van der Waals surface area contributed by atoms with Crippen molar-refractivity contribution < 1.29 is 14.3 Å². The third-order valence-electron chi connectivity index (χ3n) is 6.40. The fraction of sp³-hybridized carbons (Fsp3) is 0.448. The Labute approximate surface area is 229 Å². The van der Waals surface area contributed by atoms with Gasteiger partial charge in [-0.3, -0.25) is 19.5 Å². The van der Waals surface area contributed by atoms with Gasteiger partial charge in [0.1, 0.15) is 18.1 Å². The smallest absolute Gasteiger partial charge is 0.240 e. The summed E-state index contributed by atoms with van der Waals surface area (Å²) >= 11 is 1.55. The maximum absolute atomic E-state index is 13.7. The van der Waals surface area contributed by atoms with Crippen LogP contribution in [-0.2, 0) is 27.1 Å². The Balaban J connectivity index is 1.85. The summed E-state index contributed by atoms with van der Waals surface area (Å²) < 4.78 is 7.66. The number of carbonyl (C=O) groups excluding carboxylic acids is 2. The van der Waals surface area contributed by atoms with Gasteiger partial charge in [0, 0.05) is 35.5 Å². The van der Waals surface area contributed by atoms with Crippen LogP contribution in [0.5, 0.6) is 5.75 Å². The normalized spacial score (nSPS) is 16.1. The third kappa shape index (κ3) is 5.72. The Hall–Kier alpha value is -3.33. The zero-order valence-electron chi connectivity index (χ0n) is 23.2. The van der Waals surface area contributed by atoms with Gasteiger partial charge in [-0.05, 0) is 44.5 Å². The number of pyridine rings is 1. The molecule has 0 fully saturated rings. The van der Waals surface area contributed by atoms with Crippen molar-refractivity contribution in [3.63, 3.8) is 0 Å². The molecule has 38 heavy (non-hydrogen) atoms. The highest BCUT2D eigenvalue weighted by atomic mass is 32.2. The van der Waals surface area contributed by atoms with Gasteiger partial charge in [0.2, 0.25) is 11.8 Å². The van der Waals surface area contributed by atoms with Crippen LogP contribution in [0.1, 0.15) is 69.2 Å². The number of hydrogen-bond donors (Lipinski definition) is 1. The largest absolute Gasteiger partial charge is 0.496 e. The van der Waals surface area contributed by atoms with E-state index in [1.165, 1.54) is 0 Å². The van der Waals surface area contributed by atoms with Crippen molar-refractivity contribution in [2.24, 2.45) is 0 Å². The Morgan fingerprint density at radius 3 is 2.42 bits per heavy atom. The summed E-state index contributed by atoms with van der Waals surface area (Å²) in [4.78, 5) is 32.5. The first kappa shape index (κ1) is 27.7. The molecule has 3 aromatic rings. The number of amides is 2. The average molecular weight is 536 g/mol. The molecule has 0 aliphatic carbocycles. The minimum Gasteiger partial charge on any atom is -0.496 e. The van der Waals surface area contributed by atoms with Crippen LogP contribution in [0.25, 0.3) is 0 Å². The van der Waals surface area contributed by atoms with Crippen LogP contribution in [0, 0.1) is 0 Å². The average Bonchev–Trinajstić information content (AvgIpc) is 3.23. The molecule has 202 valence electrons. The molecule has 9 heteroatoms. The van der Waals surface area contributed by atoms with Crippen molar-refractivity contribution in [3.8, 4) is 5.75 Å². The number of anilines is 1. The van der Waals surface area contributed by atoms with E-state index >= 15 is 0 Å². The van der Waals surface area contributed by atoms with Crippen LogP contribution in [0.4, 0.5) is 5.82 Å². The summed E-state index contributed by atoms with van der Waals surface area (Å²) in [5, 5.41) is 7.89. The zero-order chi connectivity index (χ0) is 27.7. The van der Waals surface area contributed by atoms with Gasteiger partial charge in [0.15, 0.2) is 0 Å². The van der Waals surface area contributed by atoms with E-state index in [2.05, 4.69) is 51.8 Å². The molecule has 1 aliphatic rings. The summed E-state index contributed by atoms with van der Waals surface area (Å²) in [6.45, 7) is 12.8. The summed E-state index contributed by atoms with van der Waals surface area (Å²) in [6, 6.07) is 11.6. The number of ether oxygens (including phenoxy) is 1. The van der Waals surface area contributed by atoms with Crippen molar-refractivity contribution in [1.82, 2.24) is 20.1 Å². The molecule has 2 aromatic heterocycles. The molecule has 1 atom stereocenters. The van der Waals surface area contributed by atoms with Crippen LogP contribution in [-0.4, -0.2) is 46.0 Å². The van der Waals surface area contributed by atoms with E-state index < -0.39 is 5.54 Å². The summed E-state index contributed by atoms with van der Waals surface area (Å²) in [7, 11) is 1.66. The highest BCUT2D eigenvalue weighted by molar-refractivity contribution is 8.00. The molecule has 2 amide bonds. The number of thioether (sulfide) groups is 1. The van der Waals surface area contributed by atoms with Gasteiger partial charge in [-0.1, -0.05) is 39.0 Å². The van der Waals surface area contributed by atoms with Crippen molar-refractivity contribution in [3.05, 3.63) is 71.2 Å². The molecule has 3 heterocycles. The highest BCUT2D eigenvalue weighted by Gasteiger charge is 2.42. The Morgan fingerprint density at radius 2 is 1.79 bits per heavy atom. The number of fused-ring (bicyclic) bond motifs is 1. The van der Waals surface area contributed by atoms with Crippen molar-refractivity contribution >= 4 is 29.4 Å². The minimum absolute atomic E-state index is 0.0958. The molecule has 4 rings (SSSR count). The maximum Gasteiger partial charge on any atom is 0.240 e. The lowest BCUT2D eigenvalue weighted by molar-refractivity contribution is -0.123. The molecular formula is C29H37N5O3S. The minimum atomic E-state index is -0.431. The lowest BCUT2D eigenvalue weighted by atomic mass is 9.87. The molecule has 0 saturated heterocycles. The molecule has 8 nitrogen and oxygen atoms in total. The molecule has 0 radical (unpaired) electrons. The molecular weight excluding hydrogens is 498 g/mol. The molecule has 0 spiro atoms. The number of aromatic nitrogens is 3. The lowest BCUT2D eigenvalue weighted by Crippen LogP contribution is -2.43. The second kappa shape index (κ2) is 10.8. The van der Waals surface area contributed by atoms with E-state index in [9.17, 15) is 9.59 Å². The van der Waals surface area contributed by atoms with Gasteiger partial charge < -0.3 is 10.1 Å². The number of nitrogens with zero attached hydrogens (tertiary/aromatic N) is 4. The van der Waals surface area contributed by atoms with Gasteiger partial charge in [-0.15, -0.1) is 11.8 Å². The van der Waals surface area contributed by atoms with Crippen molar-refractivity contribution in [2.45, 2.75) is 64.3 Å². The van der Waals surface area contributed by atoms with Gasteiger partial charge in [0.05, 0.1) is 29.3 Å². The Morgan fingerprint density at radius 1 is 1.11 bits per heavy atom. The van der Waals surface area contributed by atoms with Crippen LogP contribution in [0.2, 0.25) is 0 Å². The predicted octanol–water partition coefficient (Wildman–Crippen LogP) is 4.82. The Kier molecular flexibility index (Phi) is 7.88. The molecule has 1 N–H and O–H groups in total. The number of benzene rings is 1. The first-order chi connectivity index (χ1) is 17.9. The molecule has 1 aliphatic heterocycles. The standard InChI is InChI=1S/C29H37N5O3S/c1-28(2,3)26-24-25(20-10-8-9-11-21(20)37-7)38-18-23(36)33(27(24)34(32-26)29(4,5)6)17-22(35)31-16-19-12-14-30-15-13-19/h8-15,25H,16-18H2,1-7H3,(H,31,35)/t25-/m0/s1. The van der Waals surface area contributed by atoms with Crippen molar-refractivity contribution in [2.75, 3.05) is 24.3 Å². The van der Waals surface area contributed by atoms with E-state index in [0.717, 1.165) is 28.1 Å². The molecule has 0 unspecified atom stereocenters. The first-order valence-corrected chi connectivity index (χ1v) is 13.8. The zero-order valence-corrected chi connectivity index (χ0v) is 24.1. The number of methoxy groups -OCH3 is 1. The van der Waals surface area contributed by atoms with Crippen LogP contribution >= 0.6 is 11.8 Å². The van der Waals surface area contributed by atoms with Gasteiger partial charge in [0.25, 0.3) is 0 Å². The predicted molar refractivity (Wildman–Crippen MR) is 152 cm³/mol. The summed E-state index contributed by atoms with van der Waals surface area (Å²) in [6.07, 6.45) is 3.38. The fourth-order valence-corrected chi connectivity index (χ4v) is 5.79. The summed E-state index contributed by atoms with van der Waals surface area (Å²) in [5.74, 6) is 1.30. The number of carbonyl (C=O) groups is 2. The van der Waals surface area contributed by atoms with Gasteiger partial charge >= 0.3 is 0 Å². The van der Waals surface area contributed by atoms with Gasteiger partial charge in [-0.25, -0.2) is 4.68 Å². The second-order valence-electron chi connectivity index (χ2n) is 11.5. The number of para-hydroxylation sites is 1. The van der Waals surface area contributed by atoms with Crippen LogP contribution in [0.15, 0.2) is 48.8 Å². The second-order valence-corrected chi connectivity index (χ2v) is 12.6. The highest BCUT2D eigenvalue weighted by Crippen LogP contribution is 2.50. The fourth-order valence-electron chi connectivity index (χ4n) is 4.57. The quantitative estimate of drug-likeness (QED) is 0.487. The van der Waals surface area contributed by atoms with Crippen LogP contribution < -0.4 is 15.0 Å². The van der Waals surface area contributed by atoms with E-state index in [0.29, 0.717) is 12.4 Å². The van der Waals surface area contributed by atoms with Crippen LogP contribution in [0.3, 0.4) is 0 Å². The van der Waals surface area contributed by atoms with E-state index in [1.807, 2.05) is 41.1 Å². The summed E-state index contributed by atoms with van der Waals surface area (Å²) in [5.41, 5.74) is 3.05. The number of hydrogen-bond acceptors (Lipinski definition) is 6. The topological polar surface area (TPSA) is 89.3 Å². The third-order valence-corrected chi connectivity index (χ3v) is 7.63. The van der Waals surface area contributed by atoms with Gasteiger partial charge in [-0.2, -0.15) is 5.10 Å². The molecule has 1 aromatic carbocycles. The molecule has 0 saturated carbocycles. The van der Waals surface area contributed by atoms with Crippen molar-refractivity contribution in [1.29, 1.82) is 0 Å². The monoisotopic (exact) mass is 535 g/mol. The Bertz CT molecular complexity index is 1310. The number of rotatable bonds is 6.